The first-order valence-electron chi connectivity index (χ1n) is 7.54. The lowest BCUT2D eigenvalue weighted by Gasteiger charge is -2.29. The normalized spacial score (nSPS) is 28.4. The third-order valence-electron chi connectivity index (χ3n) is 4.52. The largest absolute Gasteiger partial charge is 0.312 e. The van der Waals surface area contributed by atoms with Crippen molar-refractivity contribution in [2.24, 2.45) is 5.92 Å². The lowest BCUT2D eigenvalue weighted by molar-refractivity contribution is 0.190. The summed E-state index contributed by atoms with van der Waals surface area (Å²) < 4.78 is 14.3. The highest BCUT2D eigenvalue weighted by atomic mass is 79.9. The Hall–Kier alpha value is -0.450. The van der Waals surface area contributed by atoms with Gasteiger partial charge in [0, 0.05) is 29.6 Å². The number of benzene rings is 1. The molecule has 110 valence electrons. The van der Waals surface area contributed by atoms with Crippen molar-refractivity contribution >= 4 is 15.9 Å². The van der Waals surface area contributed by atoms with Crippen LogP contribution < -0.4 is 5.32 Å². The van der Waals surface area contributed by atoms with Gasteiger partial charge >= 0.3 is 0 Å². The van der Waals surface area contributed by atoms with E-state index >= 15 is 0 Å². The predicted molar refractivity (Wildman–Crippen MR) is 83.1 cm³/mol. The first-order chi connectivity index (χ1) is 9.61. The highest BCUT2D eigenvalue weighted by Gasteiger charge is 2.34. The van der Waals surface area contributed by atoms with Crippen LogP contribution in [-0.4, -0.2) is 30.1 Å². The number of hydrogen-bond acceptors (Lipinski definition) is 2. The second-order valence-electron chi connectivity index (χ2n) is 6.24. The molecule has 3 rings (SSSR count). The minimum Gasteiger partial charge on any atom is -0.312 e. The van der Waals surface area contributed by atoms with Gasteiger partial charge in [0.1, 0.15) is 5.82 Å². The van der Waals surface area contributed by atoms with E-state index in [0.717, 1.165) is 35.6 Å². The van der Waals surface area contributed by atoms with Gasteiger partial charge in [0.2, 0.25) is 0 Å². The van der Waals surface area contributed by atoms with Gasteiger partial charge in [0.15, 0.2) is 0 Å². The van der Waals surface area contributed by atoms with Gasteiger partial charge in [-0.2, -0.15) is 0 Å². The van der Waals surface area contributed by atoms with E-state index in [-0.39, 0.29) is 5.82 Å². The molecule has 1 N–H and O–H groups in total. The molecule has 0 bridgehead atoms. The lowest BCUT2D eigenvalue weighted by Crippen LogP contribution is -2.40. The van der Waals surface area contributed by atoms with Gasteiger partial charge in [0.25, 0.3) is 0 Å². The van der Waals surface area contributed by atoms with E-state index in [0.29, 0.717) is 12.1 Å². The molecule has 1 aromatic rings. The van der Waals surface area contributed by atoms with E-state index in [4.69, 9.17) is 0 Å². The van der Waals surface area contributed by atoms with Crippen LogP contribution >= 0.6 is 15.9 Å². The summed E-state index contributed by atoms with van der Waals surface area (Å²) in [6, 6.07) is 6.37. The standard InChI is InChI=1S/C16H22BrFN2/c1-11-4-5-19-16(13-2-3-13)10-20(11)9-12-6-14(17)8-15(18)7-12/h6-8,11,13,16,19H,2-5,9-10H2,1H3. The summed E-state index contributed by atoms with van der Waals surface area (Å²) in [6.45, 7) is 5.30. The maximum Gasteiger partial charge on any atom is 0.124 e. The molecule has 1 saturated heterocycles. The molecule has 1 saturated carbocycles. The number of rotatable bonds is 3. The number of nitrogens with zero attached hydrogens (tertiary/aromatic N) is 1. The molecule has 1 aliphatic carbocycles. The van der Waals surface area contributed by atoms with Gasteiger partial charge in [-0.25, -0.2) is 4.39 Å². The molecule has 0 aromatic heterocycles. The van der Waals surface area contributed by atoms with Gasteiger partial charge in [0.05, 0.1) is 0 Å². The Kier molecular flexibility index (Phi) is 4.43. The van der Waals surface area contributed by atoms with Crippen LogP contribution in [0.1, 0.15) is 31.7 Å². The summed E-state index contributed by atoms with van der Waals surface area (Å²) in [7, 11) is 0. The molecular formula is C16H22BrFN2. The maximum atomic E-state index is 13.5. The van der Waals surface area contributed by atoms with Crippen molar-refractivity contribution in [3.8, 4) is 0 Å². The highest BCUT2D eigenvalue weighted by Crippen LogP contribution is 2.34. The van der Waals surface area contributed by atoms with Crippen molar-refractivity contribution in [2.75, 3.05) is 13.1 Å². The second kappa shape index (κ2) is 6.12. The van der Waals surface area contributed by atoms with Gasteiger partial charge < -0.3 is 5.32 Å². The molecule has 2 nitrogen and oxygen atoms in total. The van der Waals surface area contributed by atoms with Crippen LogP contribution in [0, 0.1) is 11.7 Å². The third-order valence-corrected chi connectivity index (χ3v) is 4.98. The van der Waals surface area contributed by atoms with E-state index in [1.165, 1.54) is 25.3 Å². The van der Waals surface area contributed by atoms with E-state index in [1.54, 1.807) is 6.07 Å². The average Bonchev–Trinajstić information content (AvgIpc) is 3.18. The topological polar surface area (TPSA) is 15.3 Å². The van der Waals surface area contributed by atoms with E-state index in [9.17, 15) is 4.39 Å². The molecular weight excluding hydrogens is 319 g/mol. The Morgan fingerprint density at radius 1 is 1.30 bits per heavy atom. The van der Waals surface area contributed by atoms with E-state index in [1.807, 2.05) is 6.07 Å². The van der Waals surface area contributed by atoms with E-state index < -0.39 is 0 Å². The molecule has 0 spiro atoms. The van der Waals surface area contributed by atoms with Crippen molar-refractivity contribution in [3.63, 3.8) is 0 Å². The van der Waals surface area contributed by atoms with Crippen LogP contribution in [0.25, 0.3) is 0 Å². The lowest BCUT2D eigenvalue weighted by atomic mass is 10.1. The van der Waals surface area contributed by atoms with Gasteiger partial charge in [-0.3, -0.25) is 4.90 Å². The average molecular weight is 341 g/mol. The van der Waals surface area contributed by atoms with Crippen molar-refractivity contribution in [3.05, 3.63) is 34.1 Å². The summed E-state index contributed by atoms with van der Waals surface area (Å²) >= 11 is 3.38. The fraction of sp³-hybridized carbons (Fsp3) is 0.625. The fourth-order valence-corrected chi connectivity index (χ4v) is 3.64. The molecule has 0 amide bonds. The minimum absolute atomic E-state index is 0.159. The molecule has 0 radical (unpaired) electrons. The van der Waals surface area contributed by atoms with Gasteiger partial charge in [-0.15, -0.1) is 0 Å². The Morgan fingerprint density at radius 3 is 2.80 bits per heavy atom. The Labute approximate surface area is 128 Å². The summed E-state index contributed by atoms with van der Waals surface area (Å²) in [5.74, 6) is 0.704. The third kappa shape index (κ3) is 3.60. The Morgan fingerprint density at radius 2 is 2.10 bits per heavy atom. The Bertz CT molecular complexity index is 455. The van der Waals surface area contributed by atoms with Crippen LogP contribution in [-0.2, 0) is 6.54 Å². The van der Waals surface area contributed by atoms with Crippen molar-refractivity contribution in [1.29, 1.82) is 0 Å². The van der Waals surface area contributed by atoms with Crippen molar-refractivity contribution < 1.29 is 4.39 Å². The van der Waals surface area contributed by atoms with Crippen molar-refractivity contribution in [2.45, 2.75) is 44.8 Å². The summed E-state index contributed by atoms with van der Waals surface area (Å²) in [5.41, 5.74) is 1.06. The van der Waals surface area contributed by atoms with E-state index in [2.05, 4.69) is 33.1 Å². The number of halogens is 2. The summed E-state index contributed by atoms with van der Waals surface area (Å²) in [6.07, 6.45) is 3.90. The minimum atomic E-state index is -0.159. The zero-order chi connectivity index (χ0) is 14.1. The fourth-order valence-electron chi connectivity index (χ4n) is 3.13. The van der Waals surface area contributed by atoms with Gasteiger partial charge in [-0.1, -0.05) is 15.9 Å². The number of nitrogens with one attached hydrogen (secondary N) is 1. The predicted octanol–water partition coefficient (Wildman–Crippen LogP) is 3.55. The first kappa shape index (κ1) is 14.5. The SMILES string of the molecule is CC1CCNC(C2CC2)CN1Cc1cc(F)cc(Br)c1. The summed E-state index contributed by atoms with van der Waals surface area (Å²) in [5, 5.41) is 3.69. The maximum absolute atomic E-state index is 13.5. The number of hydrogen-bond donors (Lipinski definition) is 1. The van der Waals surface area contributed by atoms with Crippen LogP contribution in [0.4, 0.5) is 4.39 Å². The van der Waals surface area contributed by atoms with Gasteiger partial charge in [-0.05, 0) is 62.4 Å². The molecule has 20 heavy (non-hydrogen) atoms. The first-order valence-corrected chi connectivity index (χ1v) is 8.33. The van der Waals surface area contributed by atoms with Crippen LogP contribution in [0.5, 0.6) is 0 Å². The Balaban J connectivity index is 1.72. The quantitative estimate of drug-likeness (QED) is 0.905. The van der Waals surface area contributed by atoms with Crippen LogP contribution in [0.2, 0.25) is 0 Å². The highest BCUT2D eigenvalue weighted by molar-refractivity contribution is 9.10. The molecule has 2 atom stereocenters. The zero-order valence-corrected chi connectivity index (χ0v) is 13.5. The van der Waals surface area contributed by atoms with Crippen LogP contribution in [0.15, 0.2) is 22.7 Å². The molecule has 1 aromatic carbocycles. The zero-order valence-electron chi connectivity index (χ0n) is 11.9. The summed E-state index contributed by atoms with van der Waals surface area (Å²) in [4.78, 5) is 2.50. The molecule has 1 aliphatic heterocycles. The van der Waals surface area contributed by atoms with Crippen molar-refractivity contribution in [1.82, 2.24) is 10.2 Å². The molecule has 4 heteroatoms. The molecule has 1 heterocycles. The van der Waals surface area contributed by atoms with Crippen LogP contribution in [0.3, 0.4) is 0 Å². The molecule has 2 fully saturated rings. The smallest absolute Gasteiger partial charge is 0.124 e. The molecule has 2 unspecified atom stereocenters. The second-order valence-corrected chi connectivity index (χ2v) is 7.16. The molecule has 2 aliphatic rings. The monoisotopic (exact) mass is 340 g/mol.